The topological polar surface area (TPSA) is 90.9 Å². The molecule has 1 heterocycles. The van der Waals surface area contributed by atoms with Crippen LogP contribution in [0.25, 0.3) is 11.1 Å². The SMILES string of the molecule is COC(=O)c1scc(-c2ccc(C)cc2)c1S(=O)(=O)Nc1ccc(OC)c(OC)c1. The number of carbonyl (C=O) groups excluding carboxylic acids is 1. The molecule has 9 heteroatoms. The molecule has 0 amide bonds. The first-order valence-corrected chi connectivity index (χ1v) is 11.2. The van der Waals surface area contributed by atoms with E-state index in [0.717, 1.165) is 16.9 Å². The second-order valence-corrected chi connectivity index (χ2v) is 8.84. The number of aryl methyl sites for hydroxylation is 1. The van der Waals surface area contributed by atoms with Crippen LogP contribution in [0.3, 0.4) is 0 Å². The number of thiophene rings is 1. The van der Waals surface area contributed by atoms with Crippen molar-refractivity contribution in [3.05, 3.63) is 58.3 Å². The third-order valence-electron chi connectivity index (χ3n) is 4.38. The maximum Gasteiger partial charge on any atom is 0.349 e. The van der Waals surface area contributed by atoms with Crippen LogP contribution in [0.4, 0.5) is 5.69 Å². The number of esters is 1. The first-order valence-electron chi connectivity index (χ1n) is 8.82. The van der Waals surface area contributed by atoms with E-state index in [1.165, 1.54) is 27.4 Å². The van der Waals surface area contributed by atoms with Crippen LogP contribution in [-0.2, 0) is 14.8 Å². The number of hydrogen-bond acceptors (Lipinski definition) is 7. The van der Waals surface area contributed by atoms with Crippen LogP contribution < -0.4 is 14.2 Å². The second kappa shape index (κ2) is 8.76. The third kappa shape index (κ3) is 4.27. The van der Waals surface area contributed by atoms with Crippen molar-refractivity contribution in [3.63, 3.8) is 0 Å². The monoisotopic (exact) mass is 447 g/mol. The number of rotatable bonds is 7. The number of nitrogens with one attached hydrogen (secondary N) is 1. The zero-order valence-corrected chi connectivity index (χ0v) is 18.5. The quantitative estimate of drug-likeness (QED) is 0.542. The molecule has 3 aromatic rings. The molecule has 0 saturated carbocycles. The zero-order chi connectivity index (χ0) is 21.9. The predicted octanol–water partition coefficient (Wildman–Crippen LogP) is 4.33. The van der Waals surface area contributed by atoms with Crippen molar-refractivity contribution in [2.45, 2.75) is 11.8 Å². The summed E-state index contributed by atoms with van der Waals surface area (Å²) in [4.78, 5) is 12.1. The highest BCUT2D eigenvalue weighted by Gasteiger charge is 2.30. The summed E-state index contributed by atoms with van der Waals surface area (Å²) in [7, 11) is 0.0359. The van der Waals surface area contributed by atoms with Gasteiger partial charge in [-0.15, -0.1) is 11.3 Å². The lowest BCUT2D eigenvalue weighted by Gasteiger charge is -2.13. The van der Waals surface area contributed by atoms with Crippen molar-refractivity contribution >= 4 is 33.0 Å². The smallest absolute Gasteiger partial charge is 0.349 e. The Hall–Kier alpha value is -3.04. The first kappa shape index (κ1) is 21.7. The summed E-state index contributed by atoms with van der Waals surface area (Å²) in [6, 6.07) is 12.0. The summed E-state index contributed by atoms with van der Waals surface area (Å²) in [5.74, 6) is 0.118. The number of ether oxygens (including phenoxy) is 3. The van der Waals surface area contributed by atoms with E-state index in [1.54, 1.807) is 17.5 Å². The maximum atomic E-state index is 13.3. The molecule has 2 aromatic carbocycles. The van der Waals surface area contributed by atoms with Crippen LogP contribution in [0.1, 0.15) is 15.2 Å². The van der Waals surface area contributed by atoms with Crippen molar-refractivity contribution in [2.75, 3.05) is 26.1 Å². The van der Waals surface area contributed by atoms with E-state index in [9.17, 15) is 13.2 Å². The molecule has 0 aliphatic rings. The van der Waals surface area contributed by atoms with E-state index < -0.39 is 16.0 Å². The Labute approximate surface area is 179 Å². The van der Waals surface area contributed by atoms with Gasteiger partial charge in [0.25, 0.3) is 10.0 Å². The fourth-order valence-corrected chi connectivity index (χ4v) is 5.65. The highest BCUT2D eigenvalue weighted by molar-refractivity contribution is 7.93. The van der Waals surface area contributed by atoms with E-state index in [1.807, 2.05) is 31.2 Å². The van der Waals surface area contributed by atoms with Crippen molar-refractivity contribution in [3.8, 4) is 22.6 Å². The summed E-state index contributed by atoms with van der Waals surface area (Å²) in [5, 5.41) is 1.64. The van der Waals surface area contributed by atoms with Crippen LogP contribution in [-0.4, -0.2) is 35.7 Å². The van der Waals surface area contributed by atoms with Crippen LogP contribution in [0.15, 0.2) is 52.7 Å². The van der Waals surface area contributed by atoms with Crippen LogP contribution >= 0.6 is 11.3 Å². The number of benzene rings is 2. The number of sulfonamides is 1. The van der Waals surface area contributed by atoms with Crippen LogP contribution in [0.5, 0.6) is 11.5 Å². The van der Waals surface area contributed by atoms with Crippen molar-refractivity contribution in [1.29, 1.82) is 0 Å². The molecule has 1 aromatic heterocycles. The van der Waals surface area contributed by atoms with E-state index in [2.05, 4.69) is 4.72 Å². The minimum Gasteiger partial charge on any atom is -0.493 e. The zero-order valence-electron chi connectivity index (χ0n) is 16.9. The van der Waals surface area contributed by atoms with Gasteiger partial charge in [0.1, 0.15) is 9.77 Å². The van der Waals surface area contributed by atoms with Gasteiger partial charge in [-0.2, -0.15) is 0 Å². The van der Waals surface area contributed by atoms with Crippen molar-refractivity contribution < 1.29 is 27.4 Å². The predicted molar refractivity (Wildman–Crippen MR) is 116 cm³/mol. The minimum absolute atomic E-state index is 0.000974. The third-order valence-corrected chi connectivity index (χ3v) is 6.94. The highest BCUT2D eigenvalue weighted by atomic mass is 32.2. The largest absolute Gasteiger partial charge is 0.493 e. The Morgan fingerprint density at radius 1 is 0.967 bits per heavy atom. The van der Waals surface area contributed by atoms with Gasteiger partial charge >= 0.3 is 5.97 Å². The molecule has 0 unspecified atom stereocenters. The molecule has 7 nitrogen and oxygen atoms in total. The Morgan fingerprint density at radius 2 is 1.63 bits per heavy atom. The number of methoxy groups -OCH3 is 3. The fourth-order valence-electron chi connectivity index (χ4n) is 2.89. The van der Waals surface area contributed by atoms with Gasteiger partial charge < -0.3 is 14.2 Å². The molecule has 3 rings (SSSR count). The molecule has 0 atom stereocenters. The Morgan fingerprint density at radius 3 is 2.23 bits per heavy atom. The van der Waals surface area contributed by atoms with Gasteiger partial charge in [0, 0.05) is 17.0 Å². The van der Waals surface area contributed by atoms with Crippen LogP contribution in [0.2, 0.25) is 0 Å². The van der Waals surface area contributed by atoms with Gasteiger partial charge in [-0.3, -0.25) is 4.72 Å². The van der Waals surface area contributed by atoms with Gasteiger partial charge in [-0.05, 0) is 24.6 Å². The lowest BCUT2D eigenvalue weighted by Crippen LogP contribution is -2.17. The minimum atomic E-state index is -4.13. The summed E-state index contributed by atoms with van der Waals surface area (Å²) in [5.41, 5.74) is 2.41. The van der Waals surface area contributed by atoms with Gasteiger partial charge in [-0.1, -0.05) is 29.8 Å². The molecule has 158 valence electrons. The van der Waals surface area contributed by atoms with Gasteiger partial charge in [0.2, 0.25) is 0 Å². The maximum absolute atomic E-state index is 13.3. The lowest BCUT2D eigenvalue weighted by molar-refractivity contribution is 0.0602. The lowest BCUT2D eigenvalue weighted by atomic mass is 10.1. The molecular weight excluding hydrogens is 426 g/mol. The average Bonchev–Trinajstić information content (AvgIpc) is 3.19. The summed E-state index contributed by atoms with van der Waals surface area (Å²) in [6.45, 7) is 1.94. The fraction of sp³-hybridized carbons (Fsp3) is 0.190. The molecule has 0 aliphatic heterocycles. The number of anilines is 1. The number of carbonyl (C=O) groups is 1. The average molecular weight is 448 g/mol. The van der Waals surface area contributed by atoms with E-state index in [-0.39, 0.29) is 15.5 Å². The molecule has 0 saturated heterocycles. The molecule has 0 radical (unpaired) electrons. The van der Waals surface area contributed by atoms with Crippen molar-refractivity contribution in [2.24, 2.45) is 0 Å². The van der Waals surface area contributed by atoms with Gasteiger partial charge in [-0.25, -0.2) is 13.2 Å². The van der Waals surface area contributed by atoms with Gasteiger partial charge in [0.15, 0.2) is 11.5 Å². The Kier molecular flexibility index (Phi) is 6.33. The Balaban J connectivity index is 2.11. The molecule has 0 aliphatic carbocycles. The molecule has 0 fully saturated rings. The summed E-state index contributed by atoms with van der Waals surface area (Å²) >= 11 is 1.02. The first-order chi connectivity index (χ1) is 14.3. The molecule has 30 heavy (non-hydrogen) atoms. The molecule has 0 spiro atoms. The summed E-state index contributed by atoms with van der Waals surface area (Å²) in [6.07, 6.45) is 0. The van der Waals surface area contributed by atoms with Crippen LogP contribution in [0, 0.1) is 6.92 Å². The van der Waals surface area contributed by atoms with E-state index >= 15 is 0 Å². The standard InChI is InChI=1S/C21H21NO6S2/c1-13-5-7-14(8-6-13)16-12-29-19(21(23)28-4)20(16)30(24,25)22-15-9-10-17(26-2)18(11-15)27-3/h5-12,22H,1-4H3. The summed E-state index contributed by atoms with van der Waals surface area (Å²) < 4.78 is 44.4. The van der Waals surface area contributed by atoms with E-state index in [0.29, 0.717) is 22.6 Å². The van der Waals surface area contributed by atoms with E-state index in [4.69, 9.17) is 14.2 Å². The van der Waals surface area contributed by atoms with Gasteiger partial charge in [0.05, 0.1) is 27.0 Å². The molecule has 1 N–H and O–H groups in total. The Bertz CT molecular complexity index is 1170. The number of hydrogen-bond donors (Lipinski definition) is 1. The highest BCUT2D eigenvalue weighted by Crippen LogP contribution is 2.38. The molecule has 0 bridgehead atoms. The van der Waals surface area contributed by atoms with Crippen molar-refractivity contribution in [1.82, 2.24) is 0 Å². The second-order valence-electron chi connectivity index (χ2n) is 6.34. The normalized spacial score (nSPS) is 11.1. The molecular formula is C21H21NO6S2.